The molecule has 0 saturated heterocycles. The van der Waals surface area contributed by atoms with Gasteiger partial charge < -0.3 is 14.8 Å². The zero-order valence-electron chi connectivity index (χ0n) is 11.8. The minimum absolute atomic E-state index is 0.114. The van der Waals surface area contributed by atoms with Gasteiger partial charge >= 0.3 is 0 Å². The summed E-state index contributed by atoms with van der Waals surface area (Å²) in [6.45, 7) is 2.98. The van der Waals surface area contributed by atoms with E-state index < -0.39 is 0 Å². The number of methoxy groups -OCH3 is 2. The third-order valence-corrected chi connectivity index (χ3v) is 4.60. The third-order valence-electron chi connectivity index (χ3n) is 3.08. The lowest BCUT2D eigenvalue weighted by Gasteiger charge is -2.20. The van der Waals surface area contributed by atoms with E-state index in [1.54, 1.807) is 25.6 Å². The van der Waals surface area contributed by atoms with Crippen LogP contribution in [0.4, 0.5) is 0 Å². The fraction of sp³-hybridized carbons (Fsp3) is 0.333. The largest absolute Gasteiger partial charge is 0.497 e. The smallest absolute Gasteiger partial charge is 0.127 e. The van der Waals surface area contributed by atoms with Crippen LogP contribution in [0.15, 0.2) is 33.4 Å². The summed E-state index contributed by atoms with van der Waals surface area (Å²) in [4.78, 5) is 0. The molecule has 0 aliphatic rings. The van der Waals surface area contributed by atoms with Gasteiger partial charge in [-0.05, 0) is 51.6 Å². The van der Waals surface area contributed by atoms with Gasteiger partial charge in [-0.15, -0.1) is 11.3 Å². The van der Waals surface area contributed by atoms with Gasteiger partial charge in [-0.25, -0.2) is 0 Å². The Morgan fingerprint density at radius 3 is 2.60 bits per heavy atom. The molecule has 0 aliphatic heterocycles. The summed E-state index contributed by atoms with van der Waals surface area (Å²) in [7, 11) is 3.34. The SMILES string of the molecule is CCNC(c1csc(Br)c1)c1ccc(OC)cc1OC. The quantitative estimate of drug-likeness (QED) is 0.840. The molecule has 20 heavy (non-hydrogen) atoms. The molecule has 0 amide bonds. The summed E-state index contributed by atoms with van der Waals surface area (Å²) in [6, 6.07) is 8.19. The molecule has 1 N–H and O–H groups in total. The number of hydrogen-bond acceptors (Lipinski definition) is 4. The fourth-order valence-corrected chi connectivity index (χ4v) is 3.34. The molecule has 1 unspecified atom stereocenters. The predicted molar refractivity (Wildman–Crippen MR) is 87.1 cm³/mol. The second-order valence-corrected chi connectivity index (χ2v) is 6.57. The average Bonchev–Trinajstić information content (AvgIpc) is 2.90. The monoisotopic (exact) mass is 355 g/mol. The number of halogens is 1. The molecule has 0 spiro atoms. The molecule has 0 bridgehead atoms. The van der Waals surface area contributed by atoms with Crippen molar-refractivity contribution in [2.24, 2.45) is 0 Å². The van der Waals surface area contributed by atoms with Crippen molar-refractivity contribution in [2.45, 2.75) is 13.0 Å². The molecule has 3 nitrogen and oxygen atoms in total. The van der Waals surface area contributed by atoms with E-state index in [-0.39, 0.29) is 6.04 Å². The highest BCUT2D eigenvalue weighted by Gasteiger charge is 2.19. The number of benzene rings is 1. The Bertz CT molecular complexity index is 571. The van der Waals surface area contributed by atoms with Crippen LogP contribution in [-0.2, 0) is 0 Å². The first-order valence-corrected chi connectivity index (χ1v) is 8.06. The number of ether oxygens (including phenoxy) is 2. The first kappa shape index (κ1) is 15.4. The van der Waals surface area contributed by atoms with E-state index in [4.69, 9.17) is 9.47 Å². The van der Waals surface area contributed by atoms with Crippen LogP contribution in [0.3, 0.4) is 0 Å². The van der Waals surface area contributed by atoms with Crippen LogP contribution in [0.25, 0.3) is 0 Å². The van der Waals surface area contributed by atoms with Gasteiger partial charge in [0.15, 0.2) is 0 Å². The number of rotatable bonds is 6. The van der Waals surface area contributed by atoms with E-state index in [9.17, 15) is 0 Å². The van der Waals surface area contributed by atoms with Crippen molar-refractivity contribution in [2.75, 3.05) is 20.8 Å². The highest BCUT2D eigenvalue weighted by molar-refractivity contribution is 9.11. The lowest BCUT2D eigenvalue weighted by atomic mass is 10.00. The molecular weight excluding hydrogens is 338 g/mol. The summed E-state index contributed by atoms with van der Waals surface area (Å²) in [5, 5.41) is 5.66. The topological polar surface area (TPSA) is 30.5 Å². The second-order valence-electron chi connectivity index (χ2n) is 4.28. The first-order valence-electron chi connectivity index (χ1n) is 6.38. The van der Waals surface area contributed by atoms with Gasteiger partial charge in [-0.3, -0.25) is 0 Å². The fourth-order valence-electron chi connectivity index (χ4n) is 2.14. The van der Waals surface area contributed by atoms with Crippen LogP contribution in [0, 0.1) is 0 Å². The molecule has 108 valence electrons. The van der Waals surface area contributed by atoms with Crippen LogP contribution in [0.2, 0.25) is 0 Å². The lowest BCUT2D eigenvalue weighted by molar-refractivity contribution is 0.387. The minimum Gasteiger partial charge on any atom is -0.497 e. The summed E-state index contributed by atoms with van der Waals surface area (Å²) in [5.41, 5.74) is 2.34. The van der Waals surface area contributed by atoms with Gasteiger partial charge in [0.1, 0.15) is 11.5 Å². The molecule has 5 heteroatoms. The Kier molecular flexibility index (Phi) is 5.46. The van der Waals surface area contributed by atoms with E-state index >= 15 is 0 Å². The molecule has 1 atom stereocenters. The van der Waals surface area contributed by atoms with E-state index in [1.807, 2.05) is 12.1 Å². The Balaban J connectivity index is 2.43. The summed E-state index contributed by atoms with van der Waals surface area (Å²) >= 11 is 5.21. The maximum absolute atomic E-state index is 5.52. The number of nitrogens with one attached hydrogen (secondary N) is 1. The van der Waals surface area contributed by atoms with E-state index in [0.717, 1.165) is 27.4 Å². The van der Waals surface area contributed by atoms with E-state index in [0.29, 0.717) is 0 Å². The average molecular weight is 356 g/mol. The molecule has 0 saturated carbocycles. The zero-order chi connectivity index (χ0) is 14.5. The van der Waals surface area contributed by atoms with Crippen LogP contribution in [0.1, 0.15) is 24.1 Å². The van der Waals surface area contributed by atoms with E-state index in [2.05, 4.69) is 45.7 Å². The first-order chi connectivity index (χ1) is 9.69. The molecule has 2 aromatic rings. The van der Waals surface area contributed by atoms with Crippen molar-refractivity contribution in [1.29, 1.82) is 0 Å². The van der Waals surface area contributed by atoms with Crippen molar-refractivity contribution in [3.05, 3.63) is 44.6 Å². The molecule has 0 radical (unpaired) electrons. The molecular formula is C15H18BrNO2S. The minimum atomic E-state index is 0.114. The second kappa shape index (κ2) is 7.11. The molecule has 0 aliphatic carbocycles. The Morgan fingerprint density at radius 1 is 1.25 bits per heavy atom. The van der Waals surface area contributed by atoms with Gasteiger partial charge in [-0.2, -0.15) is 0 Å². The molecule has 2 rings (SSSR count). The van der Waals surface area contributed by atoms with Crippen molar-refractivity contribution in [3.8, 4) is 11.5 Å². The van der Waals surface area contributed by atoms with Crippen LogP contribution in [-0.4, -0.2) is 20.8 Å². The van der Waals surface area contributed by atoms with Gasteiger partial charge in [-0.1, -0.05) is 6.92 Å². The molecule has 1 aromatic carbocycles. The number of hydrogen-bond donors (Lipinski definition) is 1. The predicted octanol–water partition coefficient (Wildman–Crippen LogP) is 4.23. The molecule has 1 heterocycles. The van der Waals surface area contributed by atoms with E-state index in [1.165, 1.54) is 5.56 Å². The standard InChI is InChI=1S/C15H18BrNO2S/c1-4-17-15(10-7-14(16)20-9-10)12-6-5-11(18-2)8-13(12)19-3/h5-9,15,17H,4H2,1-3H3. The number of thiophene rings is 1. The summed E-state index contributed by atoms with van der Waals surface area (Å²) < 4.78 is 11.9. The van der Waals surface area contributed by atoms with Crippen molar-refractivity contribution < 1.29 is 9.47 Å². The third kappa shape index (κ3) is 3.34. The van der Waals surface area contributed by atoms with Crippen LogP contribution < -0.4 is 14.8 Å². The summed E-state index contributed by atoms with van der Waals surface area (Å²) in [5.74, 6) is 1.63. The summed E-state index contributed by atoms with van der Waals surface area (Å²) in [6.07, 6.45) is 0. The molecule has 1 aromatic heterocycles. The van der Waals surface area contributed by atoms with Gasteiger partial charge in [0, 0.05) is 11.6 Å². The molecule has 0 fully saturated rings. The maximum atomic E-state index is 5.52. The zero-order valence-corrected chi connectivity index (χ0v) is 14.2. The van der Waals surface area contributed by atoms with Crippen molar-refractivity contribution in [1.82, 2.24) is 5.32 Å². The van der Waals surface area contributed by atoms with Gasteiger partial charge in [0.2, 0.25) is 0 Å². The Morgan fingerprint density at radius 2 is 2.05 bits per heavy atom. The highest BCUT2D eigenvalue weighted by atomic mass is 79.9. The van der Waals surface area contributed by atoms with Gasteiger partial charge in [0.25, 0.3) is 0 Å². The van der Waals surface area contributed by atoms with Crippen LogP contribution in [0.5, 0.6) is 11.5 Å². The normalized spacial score (nSPS) is 12.2. The Labute approximate surface area is 132 Å². The highest BCUT2D eigenvalue weighted by Crippen LogP contribution is 2.35. The van der Waals surface area contributed by atoms with Crippen molar-refractivity contribution >= 4 is 27.3 Å². The van der Waals surface area contributed by atoms with Gasteiger partial charge in [0.05, 0.1) is 24.0 Å². The maximum Gasteiger partial charge on any atom is 0.127 e. The van der Waals surface area contributed by atoms with Crippen molar-refractivity contribution in [3.63, 3.8) is 0 Å². The Hall–Kier alpha value is -1.04. The lowest BCUT2D eigenvalue weighted by Crippen LogP contribution is -2.22. The van der Waals surface area contributed by atoms with Crippen LogP contribution >= 0.6 is 27.3 Å².